The number of nitrogens with one attached hydrogen (secondary N) is 1. The number of ether oxygens (including phenoxy) is 2. The van der Waals surface area contributed by atoms with Crippen molar-refractivity contribution in [1.29, 1.82) is 0 Å². The van der Waals surface area contributed by atoms with Gasteiger partial charge in [-0.05, 0) is 35.4 Å². The van der Waals surface area contributed by atoms with Crippen LogP contribution in [0.1, 0.15) is 42.5 Å². The minimum Gasteiger partial charge on any atom is -0.454 e. The van der Waals surface area contributed by atoms with Crippen LogP contribution >= 0.6 is 34.5 Å². The van der Waals surface area contributed by atoms with E-state index in [-0.39, 0.29) is 12.2 Å². The third-order valence-corrected chi connectivity index (χ3v) is 6.25. The fourth-order valence-electron chi connectivity index (χ4n) is 3.21. The molecule has 1 N–H and O–H groups in total. The molecule has 0 radical (unpaired) electrons. The summed E-state index contributed by atoms with van der Waals surface area (Å²) < 4.78 is 10.9. The van der Waals surface area contributed by atoms with E-state index >= 15 is 0 Å². The highest BCUT2D eigenvalue weighted by Crippen LogP contribution is 2.37. The molecule has 2 heterocycles. The highest BCUT2D eigenvalue weighted by molar-refractivity contribution is 7.15. The smallest absolute Gasteiger partial charge is 0.231 e. The fourth-order valence-corrected chi connectivity index (χ4v) is 4.88. The van der Waals surface area contributed by atoms with Gasteiger partial charge in [0.05, 0.1) is 5.69 Å². The van der Waals surface area contributed by atoms with Crippen molar-refractivity contribution in [1.82, 2.24) is 4.98 Å². The van der Waals surface area contributed by atoms with E-state index in [4.69, 9.17) is 37.7 Å². The Hall–Kier alpha value is -1.95. The maximum atomic E-state index is 6.30. The Labute approximate surface area is 184 Å². The number of hydrogen-bond donors (Lipinski definition) is 1. The Morgan fingerprint density at radius 2 is 1.86 bits per heavy atom. The molecule has 4 nitrogen and oxygen atoms in total. The van der Waals surface area contributed by atoms with Crippen LogP contribution in [0, 0.1) is 0 Å². The number of nitrogens with zero attached hydrogens (tertiary/aromatic N) is 1. The molecule has 0 fully saturated rings. The summed E-state index contributed by atoms with van der Waals surface area (Å²) in [5, 5.41) is 5.59. The lowest BCUT2D eigenvalue weighted by Crippen LogP contribution is -2.14. The molecule has 0 atom stereocenters. The van der Waals surface area contributed by atoms with Gasteiger partial charge in [-0.15, -0.1) is 11.3 Å². The number of thiazole rings is 1. The second-order valence-electron chi connectivity index (χ2n) is 7.99. The second-order valence-corrected chi connectivity index (χ2v) is 9.92. The van der Waals surface area contributed by atoms with Gasteiger partial charge in [-0.2, -0.15) is 0 Å². The number of aromatic nitrogens is 1. The number of fused-ring (bicyclic) bond motifs is 1. The van der Waals surface area contributed by atoms with E-state index in [9.17, 15) is 0 Å². The van der Waals surface area contributed by atoms with E-state index in [1.165, 1.54) is 10.4 Å². The topological polar surface area (TPSA) is 43.4 Å². The van der Waals surface area contributed by atoms with Gasteiger partial charge in [-0.1, -0.05) is 56.1 Å². The monoisotopic (exact) mass is 448 g/mol. The van der Waals surface area contributed by atoms with Crippen molar-refractivity contribution in [2.45, 2.75) is 39.2 Å². The van der Waals surface area contributed by atoms with Gasteiger partial charge in [0.1, 0.15) is 0 Å². The zero-order chi connectivity index (χ0) is 20.6. The van der Waals surface area contributed by atoms with Crippen LogP contribution in [0.5, 0.6) is 11.5 Å². The van der Waals surface area contributed by atoms with E-state index in [2.05, 4.69) is 38.2 Å². The molecule has 29 heavy (non-hydrogen) atoms. The first-order valence-corrected chi connectivity index (χ1v) is 10.9. The standard InChI is InChI=1S/C22H22Cl2N2O2S/c1-22(2,3)20-19(9-13-4-7-17-18(8-13)28-12-27-17)29-21(26-20)25-11-14-5-6-15(23)10-16(14)24/h4-8,10H,9,11-12H2,1-3H3,(H,25,26). The molecule has 152 valence electrons. The van der Waals surface area contributed by atoms with Gasteiger partial charge in [0.25, 0.3) is 0 Å². The lowest BCUT2D eigenvalue weighted by atomic mass is 9.90. The summed E-state index contributed by atoms with van der Waals surface area (Å²) in [6, 6.07) is 11.6. The minimum absolute atomic E-state index is 0.0555. The molecule has 1 aliphatic rings. The van der Waals surface area contributed by atoms with E-state index in [0.29, 0.717) is 16.6 Å². The molecule has 0 spiro atoms. The average Bonchev–Trinajstić information content (AvgIpc) is 3.27. The van der Waals surface area contributed by atoms with Crippen LogP contribution in [0.25, 0.3) is 0 Å². The molecule has 0 unspecified atom stereocenters. The third-order valence-electron chi connectivity index (χ3n) is 4.65. The van der Waals surface area contributed by atoms with Crippen LogP contribution in [0.4, 0.5) is 5.13 Å². The van der Waals surface area contributed by atoms with Gasteiger partial charge in [-0.3, -0.25) is 0 Å². The molecule has 1 aliphatic heterocycles. The third kappa shape index (κ3) is 4.63. The molecule has 0 amide bonds. The Balaban J connectivity index is 1.56. The SMILES string of the molecule is CC(C)(C)c1nc(NCc2ccc(Cl)cc2Cl)sc1Cc1ccc2c(c1)OCO2. The van der Waals surface area contributed by atoms with Gasteiger partial charge in [0, 0.05) is 33.3 Å². The maximum Gasteiger partial charge on any atom is 0.231 e. The maximum absolute atomic E-state index is 6.30. The largest absolute Gasteiger partial charge is 0.454 e. The van der Waals surface area contributed by atoms with Crippen LogP contribution < -0.4 is 14.8 Å². The van der Waals surface area contributed by atoms with Gasteiger partial charge < -0.3 is 14.8 Å². The van der Waals surface area contributed by atoms with Gasteiger partial charge in [-0.25, -0.2) is 4.98 Å². The minimum atomic E-state index is -0.0555. The van der Waals surface area contributed by atoms with Gasteiger partial charge >= 0.3 is 0 Å². The summed E-state index contributed by atoms with van der Waals surface area (Å²) in [5.41, 5.74) is 3.21. The summed E-state index contributed by atoms with van der Waals surface area (Å²) in [7, 11) is 0. The number of anilines is 1. The van der Waals surface area contributed by atoms with Crippen LogP contribution in [-0.4, -0.2) is 11.8 Å². The predicted molar refractivity (Wildman–Crippen MR) is 120 cm³/mol. The Kier molecular flexibility index (Phi) is 5.65. The van der Waals surface area contributed by atoms with Crippen molar-refractivity contribution in [2.24, 2.45) is 0 Å². The van der Waals surface area contributed by atoms with Crippen molar-refractivity contribution in [3.63, 3.8) is 0 Å². The van der Waals surface area contributed by atoms with E-state index < -0.39 is 0 Å². The lowest BCUT2D eigenvalue weighted by molar-refractivity contribution is 0.174. The summed E-state index contributed by atoms with van der Waals surface area (Å²) in [6.45, 7) is 7.44. The van der Waals surface area contributed by atoms with E-state index in [1.807, 2.05) is 18.2 Å². The number of halogens is 2. The van der Waals surface area contributed by atoms with E-state index in [1.54, 1.807) is 17.4 Å². The summed E-state index contributed by atoms with van der Waals surface area (Å²) >= 11 is 14.0. The summed E-state index contributed by atoms with van der Waals surface area (Å²) in [4.78, 5) is 6.13. The Morgan fingerprint density at radius 3 is 2.62 bits per heavy atom. The van der Waals surface area contributed by atoms with Crippen molar-refractivity contribution >= 4 is 39.7 Å². The fraction of sp³-hybridized carbons (Fsp3) is 0.318. The van der Waals surface area contributed by atoms with Crippen molar-refractivity contribution in [3.05, 3.63) is 68.1 Å². The molecule has 0 saturated heterocycles. The average molecular weight is 449 g/mol. The molecule has 0 bridgehead atoms. The van der Waals surface area contributed by atoms with Gasteiger partial charge in [0.2, 0.25) is 6.79 Å². The highest BCUT2D eigenvalue weighted by Gasteiger charge is 2.24. The summed E-state index contributed by atoms with van der Waals surface area (Å²) in [6.07, 6.45) is 0.796. The van der Waals surface area contributed by atoms with Crippen LogP contribution in [0.15, 0.2) is 36.4 Å². The Morgan fingerprint density at radius 1 is 1.07 bits per heavy atom. The zero-order valence-electron chi connectivity index (χ0n) is 16.5. The molecule has 2 aromatic carbocycles. The molecular weight excluding hydrogens is 427 g/mol. The van der Waals surface area contributed by atoms with Crippen LogP contribution in [-0.2, 0) is 18.4 Å². The van der Waals surface area contributed by atoms with Crippen molar-refractivity contribution in [3.8, 4) is 11.5 Å². The highest BCUT2D eigenvalue weighted by atomic mass is 35.5. The number of benzene rings is 2. The Bertz CT molecular complexity index is 1040. The van der Waals surface area contributed by atoms with Crippen molar-refractivity contribution < 1.29 is 9.47 Å². The molecule has 7 heteroatoms. The van der Waals surface area contributed by atoms with E-state index in [0.717, 1.165) is 34.3 Å². The van der Waals surface area contributed by atoms with Crippen molar-refractivity contribution in [2.75, 3.05) is 12.1 Å². The molecule has 3 aromatic rings. The molecule has 1 aromatic heterocycles. The van der Waals surface area contributed by atoms with Gasteiger partial charge in [0.15, 0.2) is 16.6 Å². The number of rotatable bonds is 5. The number of hydrogen-bond acceptors (Lipinski definition) is 5. The first-order chi connectivity index (χ1) is 13.8. The first-order valence-electron chi connectivity index (χ1n) is 9.36. The second kappa shape index (κ2) is 8.05. The summed E-state index contributed by atoms with van der Waals surface area (Å²) in [5.74, 6) is 1.61. The van der Waals surface area contributed by atoms with Crippen LogP contribution in [0.2, 0.25) is 10.0 Å². The first kappa shape index (κ1) is 20.3. The predicted octanol–water partition coefficient (Wildman–Crippen LogP) is 6.68. The zero-order valence-corrected chi connectivity index (χ0v) is 18.8. The molecular formula is C22H22Cl2N2O2S. The normalized spacial score (nSPS) is 13.0. The molecule has 0 aliphatic carbocycles. The van der Waals surface area contributed by atoms with Crippen LogP contribution in [0.3, 0.4) is 0 Å². The molecule has 0 saturated carbocycles. The lowest BCUT2D eigenvalue weighted by Gasteiger charge is -2.17. The molecule has 4 rings (SSSR count). The quantitative estimate of drug-likeness (QED) is 0.472.